The Kier molecular flexibility index (Phi) is 5.55. The molecule has 0 aliphatic rings. The van der Waals surface area contributed by atoms with Crippen molar-refractivity contribution >= 4 is 11.9 Å². The lowest BCUT2D eigenvalue weighted by Gasteiger charge is -2.15. The van der Waals surface area contributed by atoms with Gasteiger partial charge >= 0.3 is 5.97 Å². The smallest absolute Gasteiger partial charge is 0.311 e. The van der Waals surface area contributed by atoms with Crippen LogP contribution in [0, 0.1) is 12.8 Å². The fraction of sp³-hybridized carbons (Fsp3) is 0.467. The van der Waals surface area contributed by atoms with Crippen molar-refractivity contribution in [3.8, 4) is 0 Å². The first-order valence-electron chi connectivity index (χ1n) is 6.46. The lowest BCUT2D eigenvalue weighted by molar-refractivity contribution is -0.140. The summed E-state index contributed by atoms with van der Waals surface area (Å²) < 4.78 is 0. The topological polar surface area (TPSA) is 66.4 Å². The summed E-state index contributed by atoms with van der Waals surface area (Å²) in [5.41, 5.74) is 1.60. The zero-order valence-corrected chi connectivity index (χ0v) is 11.6. The zero-order valence-electron chi connectivity index (χ0n) is 11.6. The normalized spacial score (nSPS) is 12.2. The second-order valence-corrected chi connectivity index (χ2v) is 5.15. The number of nitrogens with one attached hydrogen (secondary N) is 1. The Morgan fingerprint density at radius 3 is 2.42 bits per heavy atom. The van der Waals surface area contributed by atoms with E-state index < -0.39 is 11.9 Å². The molecule has 1 rings (SSSR count). The van der Waals surface area contributed by atoms with Crippen molar-refractivity contribution in [2.75, 3.05) is 6.54 Å². The van der Waals surface area contributed by atoms with Gasteiger partial charge in [-0.3, -0.25) is 9.59 Å². The summed E-state index contributed by atoms with van der Waals surface area (Å²) in [5.74, 6) is -1.61. The minimum absolute atomic E-state index is 0.0209. The second kappa shape index (κ2) is 6.92. The molecule has 0 spiro atoms. The van der Waals surface area contributed by atoms with E-state index in [1.165, 1.54) is 0 Å². The van der Waals surface area contributed by atoms with Gasteiger partial charge in [0.1, 0.15) is 0 Å². The molecule has 2 N–H and O–H groups in total. The number of hydrogen-bond acceptors (Lipinski definition) is 2. The largest absolute Gasteiger partial charge is 0.481 e. The van der Waals surface area contributed by atoms with E-state index in [1.807, 2.05) is 32.9 Å². The molecular weight excluding hydrogens is 242 g/mol. The van der Waals surface area contributed by atoms with Crippen LogP contribution >= 0.6 is 0 Å². The number of carboxylic acids is 1. The van der Waals surface area contributed by atoms with Crippen molar-refractivity contribution in [2.45, 2.75) is 33.1 Å². The Labute approximate surface area is 113 Å². The molecule has 0 radical (unpaired) electrons. The van der Waals surface area contributed by atoms with Gasteiger partial charge in [-0.05, 0) is 24.0 Å². The Bertz CT molecular complexity index is 454. The fourth-order valence-corrected chi connectivity index (χ4v) is 1.88. The summed E-state index contributed by atoms with van der Waals surface area (Å²) in [6.45, 7) is 6.42. The molecule has 1 atom stereocenters. The van der Waals surface area contributed by atoms with Crippen molar-refractivity contribution < 1.29 is 14.7 Å². The molecule has 1 aromatic rings. The number of aryl methyl sites for hydroxylation is 1. The number of benzene rings is 1. The number of carboxylic acid groups (broad SMARTS) is 1. The van der Waals surface area contributed by atoms with E-state index in [4.69, 9.17) is 0 Å². The number of rotatable bonds is 6. The van der Waals surface area contributed by atoms with Crippen LogP contribution in [0.1, 0.15) is 37.3 Å². The van der Waals surface area contributed by atoms with Crippen LogP contribution < -0.4 is 5.32 Å². The van der Waals surface area contributed by atoms with Crippen molar-refractivity contribution in [1.82, 2.24) is 5.32 Å². The summed E-state index contributed by atoms with van der Waals surface area (Å²) >= 11 is 0. The van der Waals surface area contributed by atoms with Crippen LogP contribution in [0.2, 0.25) is 0 Å². The van der Waals surface area contributed by atoms with Crippen molar-refractivity contribution in [3.63, 3.8) is 0 Å². The maximum Gasteiger partial charge on any atom is 0.311 e. The van der Waals surface area contributed by atoms with Crippen LogP contribution in [0.4, 0.5) is 0 Å². The predicted octanol–water partition coefficient (Wildman–Crippen LogP) is 2.33. The minimum atomic E-state index is -0.964. The van der Waals surface area contributed by atoms with Crippen molar-refractivity contribution in [1.29, 1.82) is 0 Å². The van der Waals surface area contributed by atoms with Crippen LogP contribution in [0.25, 0.3) is 0 Å². The second-order valence-electron chi connectivity index (χ2n) is 5.15. The highest BCUT2D eigenvalue weighted by Crippen LogP contribution is 2.23. The molecule has 104 valence electrons. The third-order valence-corrected chi connectivity index (χ3v) is 2.96. The minimum Gasteiger partial charge on any atom is -0.481 e. The molecule has 0 aliphatic heterocycles. The Morgan fingerprint density at radius 1 is 1.26 bits per heavy atom. The van der Waals surface area contributed by atoms with Gasteiger partial charge in [0.15, 0.2) is 0 Å². The van der Waals surface area contributed by atoms with E-state index in [0.717, 1.165) is 5.56 Å². The Hall–Kier alpha value is -1.84. The van der Waals surface area contributed by atoms with E-state index in [0.29, 0.717) is 18.0 Å². The number of amides is 1. The third kappa shape index (κ3) is 4.73. The number of aliphatic carboxylic acids is 1. The molecule has 4 heteroatoms. The molecule has 19 heavy (non-hydrogen) atoms. The van der Waals surface area contributed by atoms with Crippen LogP contribution in [0.5, 0.6) is 0 Å². The number of hydrogen-bond donors (Lipinski definition) is 2. The van der Waals surface area contributed by atoms with Crippen LogP contribution in [-0.4, -0.2) is 23.5 Å². The van der Waals surface area contributed by atoms with E-state index in [-0.39, 0.29) is 12.3 Å². The van der Waals surface area contributed by atoms with E-state index in [2.05, 4.69) is 5.32 Å². The molecule has 0 heterocycles. The Morgan fingerprint density at radius 2 is 1.89 bits per heavy atom. The monoisotopic (exact) mass is 263 g/mol. The average Bonchev–Trinajstić information content (AvgIpc) is 2.34. The van der Waals surface area contributed by atoms with Gasteiger partial charge in [0.25, 0.3) is 0 Å². The number of carbonyl (C=O) groups is 2. The SMILES string of the molecule is Cc1ccccc1C(CC(=O)NCC(C)C)C(=O)O. The first-order chi connectivity index (χ1) is 8.91. The van der Waals surface area contributed by atoms with Gasteiger partial charge in [-0.1, -0.05) is 38.1 Å². The zero-order chi connectivity index (χ0) is 14.4. The summed E-state index contributed by atoms with van der Waals surface area (Å²) in [6.07, 6.45) is -0.0209. The van der Waals surface area contributed by atoms with Gasteiger partial charge in [-0.2, -0.15) is 0 Å². The highest BCUT2D eigenvalue weighted by Gasteiger charge is 2.24. The van der Waals surface area contributed by atoms with Gasteiger partial charge in [0.05, 0.1) is 5.92 Å². The van der Waals surface area contributed by atoms with Gasteiger partial charge in [0, 0.05) is 13.0 Å². The predicted molar refractivity (Wildman–Crippen MR) is 74.0 cm³/mol. The van der Waals surface area contributed by atoms with Crippen molar-refractivity contribution in [2.24, 2.45) is 5.92 Å². The molecule has 0 saturated heterocycles. The van der Waals surface area contributed by atoms with E-state index >= 15 is 0 Å². The fourth-order valence-electron chi connectivity index (χ4n) is 1.88. The lowest BCUT2D eigenvalue weighted by Crippen LogP contribution is -2.30. The molecule has 0 aromatic heterocycles. The summed E-state index contributed by atoms with van der Waals surface area (Å²) in [4.78, 5) is 23.1. The third-order valence-electron chi connectivity index (χ3n) is 2.96. The molecular formula is C15H21NO3. The summed E-state index contributed by atoms with van der Waals surface area (Å²) in [6, 6.07) is 7.28. The molecule has 1 amide bonds. The highest BCUT2D eigenvalue weighted by atomic mass is 16.4. The molecule has 0 bridgehead atoms. The van der Waals surface area contributed by atoms with E-state index in [9.17, 15) is 14.7 Å². The Balaban J connectivity index is 2.77. The first-order valence-corrected chi connectivity index (χ1v) is 6.46. The first kappa shape index (κ1) is 15.2. The van der Waals surface area contributed by atoms with Crippen molar-refractivity contribution in [3.05, 3.63) is 35.4 Å². The quantitative estimate of drug-likeness (QED) is 0.827. The average molecular weight is 263 g/mol. The maximum atomic E-state index is 11.8. The summed E-state index contributed by atoms with van der Waals surface area (Å²) in [5, 5.41) is 12.1. The molecule has 0 fully saturated rings. The maximum absolute atomic E-state index is 11.8. The molecule has 1 aromatic carbocycles. The van der Waals surface area contributed by atoms with E-state index in [1.54, 1.807) is 12.1 Å². The summed E-state index contributed by atoms with van der Waals surface area (Å²) in [7, 11) is 0. The molecule has 0 saturated carbocycles. The van der Waals surface area contributed by atoms with Crippen LogP contribution in [-0.2, 0) is 9.59 Å². The lowest BCUT2D eigenvalue weighted by atomic mass is 9.92. The highest BCUT2D eigenvalue weighted by molar-refractivity contribution is 5.86. The standard InChI is InChI=1S/C15H21NO3/c1-10(2)9-16-14(17)8-13(15(18)19)12-7-5-4-6-11(12)3/h4-7,10,13H,8-9H2,1-3H3,(H,16,17)(H,18,19). The van der Waals surface area contributed by atoms with Crippen LogP contribution in [0.3, 0.4) is 0 Å². The van der Waals surface area contributed by atoms with Gasteiger partial charge in [0.2, 0.25) is 5.91 Å². The molecule has 0 aliphatic carbocycles. The molecule has 1 unspecified atom stereocenters. The molecule has 4 nitrogen and oxygen atoms in total. The van der Waals surface area contributed by atoms with Gasteiger partial charge in [-0.25, -0.2) is 0 Å². The van der Waals surface area contributed by atoms with Gasteiger partial charge < -0.3 is 10.4 Å². The number of carbonyl (C=O) groups excluding carboxylic acids is 1. The van der Waals surface area contributed by atoms with Gasteiger partial charge in [-0.15, -0.1) is 0 Å². The van der Waals surface area contributed by atoms with Crippen LogP contribution in [0.15, 0.2) is 24.3 Å².